The van der Waals surface area contributed by atoms with Gasteiger partial charge in [0.25, 0.3) is 0 Å². The maximum Gasteiger partial charge on any atom is 0.242 e. The van der Waals surface area contributed by atoms with Crippen LogP contribution in [0.15, 0.2) is 31.2 Å². The monoisotopic (exact) mass is 301 g/mol. The standard InChI is InChI=1S/C13H15N7O2/c1-22-9-4-8(13(21)20-10-5-14-2-3-16-10)19-11(9)12-17-6-15-7-18-12/h2-3,5-9,11,19H,4H2,1H3,(H,16,20,21). The molecular formula is C13H15N7O2. The number of rotatable bonds is 4. The smallest absolute Gasteiger partial charge is 0.242 e. The molecule has 114 valence electrons. The molecule has 1 saturated heterocycles. The summed E-state index contributed by atoms with van der Waals surface area (Å²) in [4.78, 5) is 32.3. The van der Waals surface area contributed by atoms with E-state index in [4.69, 9.17) is 4.74 Å². The van der Waals surface area contributed by atoms with Crippen LogP contribution in [0.1, 0.15) is 18.3 Å². The first-order chi connectivity index (χ1) is 10.8. The van der Waals surface area contributed by atoms with Crippen molar-refractivity contribution in [2.24, 2.45) is 0 Å². The van der Waals surface area contributed by atoms with Gasteiger partial charge in [0.05, 0.1) is 24.4 Å². The number of hydrogen-bond donors (Lipinski definition) is 2. The Morgan fingerprint density at radius 2 is 2.09 bits per heavy atom. The fraction of sp³-hybridized carbons (Fsp3) is 0.385. The van der Waals surface area contributed by atoms with Crippen molar-refractivity contribution in [3.05, 3.63) is 37.1 Å². The van der Waals surface area contributed by atoms with E-state index in [1.807, 2.05) is 0 Å². The van der Waals surface area contributed by atoms with Crippen LogP contribution in [0, 0.1) is 0 Å². The van der Waals surface area contributed by atoms with Crippen LogP contribution in [0.3, 0.4) is 0 Å². The van der Waals surface area contributed by atoms with Crippen molar-refractivity contribution < 1.29 is 9.53 Å². The van der Waals surface area contributed by atoms with Crippen molar-refractivity contribution in [1.29, 1.82) is 0 Å². The van der Waals surface area contributed by atoms with Crippen LogP contribution in [-0.2, 0) is 9.53 Å². The Kier molecular flexibility index (Phi) is 4.26. The van der Waals surface area contributed by atoms with Crippen LogP contribution in [0.25, 0.3) is 0 Å². The molecule has 2 N–H and O–H groups in total. The van der Waals surface area contributed by atoms with E-state index in [9.17, 15) is 4.79 Å². The van der Waals surface area contributed by atoms with Gasteiger partial charge in [0.2, 0.25) is 5.91 Å². The van der Waals surface area contributed by atoms with Crippen LogP contribution < -0.4 is 10.6 Å². The van der Waals surface area contributed by atoms with Gasteiger partial charge in [0.15, 0.2) is 11.6 Å². The van der Waals surface area contributed by atoms with Gasteiger partial charge in [0.1, 0.15) is 12.7 Å². The Balaban J connectivity index is 1.70. The maximum absolute atomic E-state index is 12.3. The minimum atomic E-state index is -0.422. The Labute approximate surface area is 126 Å². The molecule has 2 aromatic rings. The topological polar surface area (TPSA) is 115 Å². The molecule has 3 unspecified atom stereocenters. The maximum atomic E-state index is 12.3. The number of methoxy groups -OCH3 is 1. The van der Waals surface area contributed by atoms with E-state index < -0.39 is 6.04 Å². The Bertz CT molecular complexity index is 625. The van der Waals surface area contributed by atoms with E-state index in [0.29, 0.717) is 18.1 Å². The van der Waals surface area contributed by atoms with Gasteiger partial charge in [-0.15, -0.1) is 0 Å². The molecule has 22 heavy (non-hydrogen) atoms. The lowest BCUT2D eigenvalue weighted by Crippen LogP contribution is -2.37. The zero-order chi connectivity index (χ0) is 15.4. The molecule has 3 rings (SSSR count). The highest BCUT2D eigenvalue weighted by Gasteiger charge is 2.39. The van der Waals surface area contributed by atoms with E-state index >= 15 is 0 Å². The number of anilines is 1. The normalized spacial score (nSPS) is 24.1. The highest BCUT2D eigenvalue weighted by atomic mass is 16.5. The molecule has 9 nitrogen and oxygen atoms in total. The fourth-order valence-electron chi connectivity index (χ4n) is 2.40. The van der Waals surface area contributed by atoms with E-state index in [0.717, 1.165) is 0 Å². The van der Waals surface area contributed by atoms with Gasteiger partial charge in [-0.05, 0) is 6.42 Å². The summed E-state index contributed by atoms with van der Waals surface area (Å²) in [5.74, 6) is 0.766. The molecule has 2 aromatic heterocycles. The second-order valence-electron chi connectivity index (χ2n) is 4.78. The minimum absolute atomic E-state index is 0.194. The lowest BCUT2D eigenvalue weighted by atomic mass is 10.1. The van der Waals surface area contributed by atoms with Gasteiger partial charge in [0, 0.05) is 19.5 Å². The van der Waals surface area contributed by atoms with Crippen LogP contribution in [0.5, 0.6) is 0 Å². The summed E-state index contributed by atoms with van der Waals surface area (Å²) >= 11 is 0. The Morgan fingerprint density at radius 3 is 2.77 bits per heavy atom. The van der Waals surface area contributed by atoms with Crippen molar-refractivity contribution in [3.8, 4) is 0 Å². The van der Waals surface area contributed by atoms with Gasteiger partial charge in [-0.1, -0.05) is 0 Å². The number of ether oxygens (including phenoxy) is 1. The average molecular weight is 301 g/mol. The highest BCUT2D eigenvalue weighted by molar-refractivity contribution is 5.94. The molecule has 0 aromatic carbocycles. The van der Waals surface area contributed by atoms with Gasteiger partial charge >= 0.3 is 0 Å². The second kappa shape index (κ2) is 6.50. The van der Waals surface area contributed by atoms with Crippen molar-refractivity contribution in [2.45, 2.75) is 24.6 Å². The van der Waals surface area contributed by atoms with Crippen molar-refractivity contribution in [1.82, 2.24) is 30.2 Å². The number of aromatic nitrogens is 5. The molecule has 3 atom stereocenters. The van der Waals surface area contributed by atoms with Crippen molar-refractivity contribution in [2.75, 3.05) is 12.4 Å². The Hall–Kier alpha value is -2.52. The molecule has 1 aliphatic heterocycles. The molecule has 0 saturated carbocycles. The zero-order valence-corrected chi connectivity index (χ0v) is 11.9. The summed E-state index contributed by atoms with van der Waals surface area (Å²) in [6, 6.07) is -0.681. The third-order valence-corrected chi connectivity index (χ3v) is 3.45. The fourth-order valence-corrected chi connectivity index (χ4v) is 2.40. The molecule has 9 heteroatoms. The molecule has 1 fully saturated rings. The first kappa shape index (κ1) is 14.4. The van der Waals surface area contributed by atoms with E-state index in [1.165, 1.54) is 25.0 Å². The molecular weight excluding hydrogens is 286 g/mol. The lowest BCUT2D eigenvalue weighted by molar-refractivity contribution is -0.118. The van der Waals surface area contributed by atoms with Crippen LogP contribution in [-0.4, -0.2) is 50.1 Å². The summed E-state index contributed by atoms with van der Waals surface area (Å²) < 4.78 is 5.44. The molecule has 1 amide bonds. The van der Waals surface area contributed by atoms with Gasteiger partial charge in [-0.25, -0.2) is 19.9 Å². The number of nitrogens with one attached hydrogen (secondary N) is 2. The molecule has 0 radical (unpaired) electrons. The summed E-state index contributed by atoms with van der Waals surface area (Å²) in [6.45, 7) is 0. The highest BCUT2D eigenvalue weighted by Crippen LogP contribution is 2.27. The average Bonchev–Trinajstić information content (AvgIpc) is 3.01. The number of amides is 1. The van der Waals surface area contributed by atoms with Crippen molar-refractivity contribution >= 4 is 11.7 Å². The Morgan fingerprint density at radius 1 is 1.27 bits per heavy atom. The third kappa shape index (κ3) is 3.05. The third-order valence-electron chi connectivity index (χ3n) is 3.45. The van der Waals surface area contributed by atoms with Crippen LogP contribution >= 0.6 is 0 Å². The number of carbonyl (C=O) groups is 1. The summed E-state index contributed by atoms with van der Waals surface area (Å²) in [6.07, 6.45) is 7.71. The van der Waals surface area contributed by atoms with E-state index in [1.54, 1.807) is 13.3 Å². The molecule has 0 bridgehead atoms. The van der Waals surface area contributed by atoms with Gasteiger partial charge in [-0.3, -0.25) is 15.1 Å². The number of hydrogen-bond acceptors (Lipinski definition) is 8. The number of nitrogens with zero attached hydrogens (tertiary/aromatic N) is 5. The first-order valence-corrected chi connectivity index (χ1v) is 6.75. The number of carbonyl (C=O) groups excluding carboxylic acids is 1. The van der Waals surface area contributed by atoms with Crippen molar-refractivity contribution in [3.63, 3.8) is 0 Å². The van der Waals surface area contributed by atoms with Gasteiger partial charge < -0.3 is 10.1 Å². The van der Waals surface area contributed by atoms with Crippen LogP contribution in [0.4, 0.5) is 5.82 Å². The SMILES string of the molecule is COC1CC(C(=O)Nc2cnccn2)NC1c1ncncn1. The first-order valence-electron chi connectivity index (χ1n) is 6.75. The van der Waals surface area contributed by atoms with E-state index in [-0.39, 0.29) is 18.1 Å². The van der Waals surface area contributed by atoms with Gasteiger partial charge in [-0.2, -0.15) is 0 Å². The predicted molar refractivity (Wildman–Crippen MR) is 75.6 cm³/mol. The summed E-state index contributed by atoms with van der Waals surface area (Å²) in [5, 5.41) is 5.91. The molecule has 3 heterocycles. The van der Waals surface area contributed by atoms with Crippen LogP contribution in [0.2, 0.25) is 0 Å². The predicted octanol–water partition coefficient (Wildman–Crippen LogP) is -0.282. The quantitative estimate of drug-likeness (QED) is 0.792. The minimum Gasteiger partial charge on any atom is -0.379 e. The molecule has 0 aliphatic carbocycles. The summed E-state index contributed by atoms with van der Waals surface area (Å²) in [5.41, 5.74) is 0. The molecule has 0 spiro atoms. The molecule has 1 aliphatic rings. The largest absolute Gasteiger partial charge is 0.379 e. The van der Waals surface area contributed by atoms with E-state index in [2.05, 4.69) is 35.6 Å². The summed E-state index contributed by atoms with van der Waals surface area (Å²) in [7, 11) is 1.60. The lowest BCUT2D eigenvalue weighted by Gasteiger charge is -2.15. The second-order valence-corrected chi connectivity index (χ2v) is 4.78. The zero-order valence-electron chi connectivity index (χ0n) is 11.9.